The normalized spacial score (nSPS) is 15.1. The average molecular weight is 601 g/mol. The number of methoxy groups -OCH3 is 1. The molecule has 0 aliphatic carbocycles. The molecule has 8 nitrogen and oxygen atoms in total. The van der Waals surface area contributed by atoms with Crippen LogP contribution in [0.1, 0.15) is 37.9 Å². The van der Waals surface area contributed by atoms with E-state index in [2.05, 4.69) is 20.9 Å². The van der Waals surface area contributed by atoms with Crippen molar-refractivity contribution in [2.75, 3.05) is 39.3 Å². The van der Waals surface area contributed by atoms with Gasteiger partial charge in [-0.2, -0.15) is 0 Å². The molecule has 1 aliphatic heterocycles. The average Bonchev–Trinajstić information content (AvgIpc) is 3.19. The van der Waals surface area contributed by atoms with Crippen molar-refractivity contribution >= 4 is 45.0 Å². The van der Waals surface area contributed by atoms with Crippen molar-refractivity contribution in [2.45, 2.75) is 26.8 Å². The highest BCUT2D eigenvalue weighted by molar-refractivity contribution is 9.10. The van der Waals surface area contributed by atoms with Gasteiger partial charge in [0.15, 0.2) is 16.3 Å². The van der Waals surface area contributed by atoms with Gasteiger partial charge in [0.1, 0.15) is 0 Å². The van der Waals surface area contributed by atoms with Crippen molar-refractivity contribution in [3.05, 3.63) is 83.0 Å². The van der Waals surface area contributed by atoms with Gasteiger partial charge >= 0.3 is 5.97 Å². The summed E-state index contributed by atoms with van der Waals surface area (Å²) in [6, 6.07) is 10.8. The Bertz CT molecular complexity index is 1570. The van der Waals surface area contributed by atoms with E-state index in [1.165, 1.54) is 11.3 Å². The van der Waals surface area contributed by atoms with Gasteiger partial charge in [-0.15, -0.1) is 0 Å². The Morgan fingerprint density at radius 1 is 1.16 bits per heavy atom. The maximum absolute atomic E-state index is 13.9. The first-order chi connectivity index (χ1) is 18.2. The van der Waals surface area contributed by atoms with Crippen LogP contribution >= 0.6 is 27.3 Å². The van der Waals surface area contributed by atoms with Crippen LogP contribution in [0.4, 0.5) is 5.69 Å². The van der Waals surface area contributed by atoms with E-state index in [9.17, 15) is 9.59 Å². The first kappa shape index (κ1) is 27.7. The van der Waals surface area contributed by atoms with Crippen LogP contribution in [-0.2, 0) is 9.53 Å². The number of fused-ring (bicyclic) bond motifs is 1. The van der Waals surface area contributed by atoms with Crippen molar-refractivity contribution < 1.29 is 19.0 Å². The third kappa shape index (κ3) is 5.28. The quantitative estimate of drug-likeness (QED) is 0.364. The number of hydrogen-bond acceptors (Lipinski definition) is 8. The number of allylic oxidation sites excluding steroid dienone is 1. The maximum atomic E-state index is 13.9. The smallest absolute Gasteiger partial charge is 0.338 e. The fourth-order valence-corrected chi connectivity index (χ4v) is 5.77. The Morgan fingerprint density at radius 3 is 2.47 bits per heavy atom. The summed E-state index contributed by atoms with van der Waals surface area (Å²) in [6.45, 7) is 6.16. The van der Waals surface area contributed by atoms with Crippen LogP contribution < -0.4 is 29.3 Å². The number of carbonyl (C=O) groups excluding carboxylic acids is 1. The Labute approximate surface area is 233 Å². The van der Waals surface area contributed by atoms with E-state index in [1.54, 1.807) is 31.6 Å². The van der Waals surface area contributed by atoms with Crippen molar-refractivity contribution in [1.29, 1.82) is 0 Å². The molecule has 38 heavy (non-hydrogen) atoms. The molecule has 0 radical (unpaired) electrons. The van der Waals surface area contributed by atoms with Gasteiger partial charge in [-0.1, -0.05) is 39.4 Å². The summed E-state index contributed by atoms with van der Waals surface area (Å²) < 4.78 is 19.3. The van der Waals surface area contributed by atoms with Gasteiger partial charge in [0.25, 0.3) is 5.56 Å². The number of nitrogens with zero attached hydrogens (tertiary/aromatic N) is 3. The molecule has 0 N–H and O–H groups in total. The molecular formula is C28H30BrN3O5S. The molecule has 3 aromatic rings. The Hall–Kier alpha value is -3.37. The molecule has 1 aliphatic rings. The zero-order valence-electron chi connectivity index (χ0n) is 22.2. The lowest BCUT2D eigenvalue weighted by Gasteiger charge is -2.25. The minimum Gasteiger partial charge on any atom is -0.493 e. The van der Waals surface area contributed by atoms with Crippen LogP contribution in [0.2, 0.25) is 0 Å². The molecule has 1 atom stereocenters. The predicted octanol–water partition coefficient (Wildman–Crippen LogP) is 4.03. The second kappa shape index (κ2) is 11.6. The molecule has 200 valence electrons. The summed E-state index contributed by atoms with van der Waals surface area (Å²) in [7, 11) is 5.49. The molecule has 0 spiro atoms. The third-order valence-electron chi connectivity index (χ3n) is 6.11. The standard InChI is InChI=1S/C28H30BrN3O5S/c1-7-36-22-15-20(29)18(13-21(22)35-6)14-23-26(33)32-25(17-9-11-19(12-10-17)31(4)5)24(27(34)37-8-2)16(3)30-28(32)38-23/h9-15,25H,7-8H2,1-6H3/b23-14+/t25-/m1/s1. The van der Waals surface area contributed by atoms with E-state index in [0.29, 0.717) is 38.7 Å². The van der Waals surface area contributed by atoms with Crippen LogP contribution in [-0.4, -0.2) is 45.0 Å². The third-order valence-corrected chi connectivity index (χ3v) is 7.78. The van der Waals surface area contributed by atoms with Crippen LogP contribution in [0.15, 0.2) is 61.9 Å². The minimum atomic E-state index is -0.665. The maximum Gasteiger partial charge on any atom is 0.338 e. The van der Waals surface area contributed by atoms with Crippen molar-refractivity contribution in [3.63, 3.8) is 0 Å². The first-order valence-corrected chi connectivity index (χ1v) is 13.8. The molecule has 0 amide bonds. The van der Waals surface area contributed by atoms with E-state index >= 15 is 0 Å². The molecule has 0 unspecified atom stereocenters. The number of halogens is 1. The fraction of sp³-hybridized carbons (Fsp3) is 0.321. The summed E-state index contributed by atoms with van der Waals surface area (Å²) in [4.78, 5) is 34.1. The van der Waals surface area contributed by atoms with Gasteiger partial charge < -0.3 is 19.1 Å². The number of anilines is 1. The molecule has 0 fully saturated rings. The number of hydrogen-bond donors (Lipinski definition) is 0. The summed E-state index contributed by atoms with van der Waals surface area (Å²) in [5, 5.41) is 0. The zero-order chi connectivity index (χ0) is 27.6. The van der Waals surface area contributed by atoms with Gasteiger partial charge in [0, 0.05) is 24.3 Å². The minimum absolute atomic E-state index is 0.222. The lowest BCUT2D eigenvalue weighted by molar-refractivity contribution is -0.139. The fourth-order valence-electron chi connectivity index (χ4n) is 4.29. The largest absolute Gasteiger partial charge is 0.493 e. The first-order valence-electron chi connectivity index (χ1n) is 12.2. The molecule has 2 aromatic carbocycles. The SMILES string of the molecule is CCOC(=O)C1=C(C)N=c2s/c(=C/c3cc(OC)c(OCC)cc3Br)c(=O)n2[C@@H]1c1ccc(N(C)C)cc1. The van der Waals surface area contributed by atoms with E-state index in [-0.39, 0.29) is 12.2 Å². The number of esters is 1. The molecule has 10 heteroatoms. The summed E-state index contributed by atoms with van der Waals surface area (Å²) in [5.74, 6) is 0.688. The van der Waals surface area contributed by atoms with E-state index < -0.39 is 12.0 Å². The van der Waals surface area contributed by atoms with E-state index in [4.69, 9.17) is 14.2 Å². The zero-order valence-corrected chi connectivity index (χ0v) is 24.6. The van der Waals surface area contributed by atoms with Crippen molar-refractivity contribution in [1.82, 2.24) is 4.57 Å². The molecule has 0 saturated heterocycles. The lowest BCUT2D eigenvalue weighted by Crippen LogP contribution is -2.40. The molecule has 0 saturated carbocycles. The van der Waals surface area contributed by atoms with Crippen molar-refractivity contribution in [2.24, 2.45) is 4.99 Å². The summed E-state index contributed by atoms with van der Waals surface area (Å²) >= 11 is 4.86. The Kier molecular flexibility index (Phi) is 8.42. The van der Waals surface area contributed by atoms with E-state index in [1.807, 2.05) is 62.3 Å². The van der Waals surface area contributed by atoms with Gasteiger partial charge in [0.2, 0.25) is 0 Å². The monoisotopic (exact) mass is 599 g/mol. The number of aromatic nitrogens is 1. The highest BCUT2D eigenvalue weighted by Gasteiger charge is 2.33. The molecule has 4 rings (SSSR count). The van der Waals surface area contributed by atoms with Gasteiger partial charge in [-0.25, -0.2) is 9.79 Å². The number of benzene rings is 2. The van der Waals surface area contributed by atoms with Gasteiger partial charge in [-0.05, 0) is 62.2 Å². The highest BCUT2D eigenvalue weighted by Crippen LogP contribution is 2.34. The predicted molar refractivity (Wildman–Crippen MR) is 153 cm³/mol. The van der Waals surface area contributed by atoms with Gasteiger partial charge in [-0.3, -0.25) is 9.36 Å². The second-order valence-electron chi connectivity index (χ2n) is 8.75. The Morgan fingerprint density at radius 2 is 1.87 bits per heavy atom. The number of ether oxygens (including phenoxy) is 3. The van der Waals surface area contributed by atoms with Crippen LogP contribution in [0, 0.1) is 0 Å². The second-order valence-corrected chi connectivity index (χ2v) is 10.6. The van der Waals surface area contributed by atoms with Crippen molar-refractivity contribution in [3.8, 4) is 11.5 Å². The number of thiazole rings is 1. The topological polar surface area (TPSA) is 82.4 Å². The van der Waals surface area contributed by atoms with Crippen LogP contribution in [0.25, 0.3) is 6.08 Å². The molecule has 1 aromatic heterocycles. The summed E-state index contributed by atoms with van der Waals surface area (Å²) in [5.41, 5.74) is 3.20. The number of rotatable bonds is 8. The van der Waals surface area contributed by atoms with Crippen LogP contribution in [0.3, 0.4) is 0 Å². The summed E-state index contributed by atoms with van der Waals surface area (Å²) in [6.07, 6.45) is 1.79. The number of carbonyl (C=O) groups is 1. The van der Waals surface area contributed by atoms with Crippen LogP contribution in [0.5, 0.6) is 11.5 Å². The lowest BCUT2D eigenvalue weighted by atomic mass is 9.95. The molecule has 2 heterocycles. The van der Waals surface area contributed by atoms with E-state index in [0.717, 1.165) is 21.3 Å². The highest BCUT2D eigenvalue weighted by atomic mass is 79.9. The molecule has 0 bridgehead atoms. The molecular weight excluding hydrogens is 570 g/mol. The Balaban J connectivity index is 1.92. The van der Waals surface area contributed by atoms with Gasteiger partial charge in [0.05, 0.1) is 42.2 Å².